The standard InChI is InChI=1S/C17H26N2/c1-14(15-8-6-9-15)18-13-16-7-2-3-10-17(16)19-11-4-5-12-19/h2-3,7,10,14-15,18H,4-6,8-9,11-13H2,1H3. The van der Waals surface area contributed by atoms with Gasteiger partial charge in [0.25, 0.3) is 0 Å². The van der Waals surface area contributed by atoms with Crippen molar-refractivity contribution >= 4 is 5.69 Å². The largest absolute Gasteiger partial charge is 0.371 e. The molecule has 1 saturated carbocycles. The number of nitrogens with one attached hydrogen (secondary N) is 1. The number of para-hydroxylation sites is 1. The molecular formula is C17H26N2. The highest BCUT2D eigenvalue weighted by Gasteiger charge is 2.23. The quantitative estimate of drug-likeness (QED) is 0.868. The molecule has 1 N–H and O–H groups in total. The van der Waals surface area contributed by atoms with E-state index >= 15 is 0 Å². The highest BCUT2D eigenvalue weighted by atomic mass is 15.1. The van der Waals surface area contributed by atoms with E-state index in [0.29, 0.717) is 6.04 Å². The van der Waals surface area contributed by atoms with Crippen LogP contribution in [0.15, 0.2) is 24.3 Å². The molecule has 1 aliphatic heterocycles. The Bertz CT molecular complexity index is 405. The molecule has 1 unspecified atom stereocenters. The Hall–Kier alpha value is -1.02. The summed E-state index contributed by atoms with van der Waals surface area (Å²) in [5.74, 6) is 0.916. The minimum atomic E-state index is 0.667. The summed E-state index contributed by atoms with van der Waals surface area (Å²) < 4.78 is 0. The first-order valence-corrected chi connectivity index (χ1v) is 7.91. The van der Waals surface area contributed by atoms with Gasteiger partial charge in [-0.15, -0.1) is 0 Å². The lowest BCUT2D eigenvalue weighted by Gasteiger charge is -2.32. The third-order valence-corrected chi connectivity index (χ3v) is 4.91. The molecule has 1 saturated heterocycles. The molecule has 2 fully saturated rings. The van der Waals surface area contributed by atoms with Gasteiger partial charge in [0.2, 0.25) is 0 Å². The van der Waals surface area contributed by atoms with E-state index < -0.39 is 0 Å². The minimum Gasteiger partial charge on any atom is -0.371 e. The highest BCUT2D eigenvalue weighted by Crippen LogP contribution is 2.30. The molecule has 0 bridgehead atoms. The maximum atomic E-state index is 3.74. The molecule has 2 nitrogen and oxygen atoms in total. The molecule has 19 heavy (non-hydrogen) atoms. The summed E-state index contributed by atoms with van der Waals surface area (Å²) in [5.41, 5.74) is 2.92. The topological polar surface area (TPSA) is 15.3 Å². The summed E-state index contributed by atoms with van der Waals surface area (Å²) in [5, 5.41) is 3.74. The zero-order valence-electron chi connectivity index (χ0n) is 12.1. The monoisotopic (exact) mass is 258 g/mol. The fraction of sp³-hybridized carbons (Fsp3) is 0.647. The number of nitrogens with zero attached hydrogens (tertiary/aromatic N) is 1. The Morgan fingerprint density at radius 3 is 2.58 bits per heavy atom. The Morgan fingerprint density at radius 1 is 1.16 bits per heavy atom. The van der Waals surface area contributed by atoms with Crippen LogP contribution in [0.1, 0.15) is 44.6 Å². The smallest absolute Gasteiger partial charge is 0.0411 e. The van der Waals surface area contributed by atoms with E-state index in [1.54, 1.807) is 0 Å². The lowest BCUT2D eigenvalue weighted by Crippen LogP contribution is -2.36. The van der Waals surface area contributed by atoms with E-state index in [2.05, 4.69) is 41.4 Å². The Labute approximate surface area is 117 Å². The van der Waals surface area contributed by atoms with Crippen LogP contribution in [0.25, 0.3) is 0 Å². The first-order valence-electron chi connectivity index (χ1n) is 7.91. The van der Waals surface area contributed by atoms with Crippen LogP contribution in [-0.4, -0.2) is 19.1 Å². The van der Waals surface area contributed by atoms with E-state index in [9.17, 15) is 0 Å². The van der Waals surface area contributed by atoms with Crippen molar-refractivity contribution in [2.75, 3.05) is 18.0 Å². The molecule has 1 heterocycles. The molecule has 0 aromatic heterocycles. The Balaban J connectivity index is 1.62. The zero-order chi connectivity index (χ0) is 13.1. The molecule has 1 atom stereocenters. The van der Waals surface area contributed by atoms with Gasteiger partial charge in [-0.1, -0.05) is 24.6 Å². The van der Waals surface area contributed by atoms with Crippen molar-refractivity contribution in [1.29, 1.82) is 0 Å². The number of rotatable bonds is 5. The van der Waals surface area contributed by atoms with Crippen LogP contribution in [0.3, 0.4) is 0 Å². The molecule has 1 aromatic carbocycles. The maximum absolute atomic E-state index is 3.74. The second kappa shape index (κ2) is 5.96. The van der Waals surface area contributed by atoms with Gasteiger partial charge in [0, 0.05) is 31.4 Å². The molecular weight excluding hydrogens is 232 g/mol. The van der Waals surface area contributed by atoms with Gasteiger partial charge in [-0.3, -0.25) is 0 Å². The molecule has 104 valence electrons. The minimum absolute atomic E-state index is 0.667. The lowest BCUT2D eigenvalue weighted by atomic mass is 9.80. The highest BCUT2D eigenvalue weighted by molar-refractivity contribution is 5.54. The summed E-state index contributed by atoms with van der Waals surface area (Å²) >= 11 is 0. The van der Waals surface area contributed by atoms with Crippen molar-refractivity contribution in [3.8, 4) is 0 Å². The summed E-state index contributed by atoms with van der Waals surface area (Å²) in [6, 6.07) is 9.59. The van der Waals surface area contributed by atoms with Crippen LogP contribution in [0.5, 0.6) is 0 Å². The van der Waals surface area contributed by atoms with Crippen LogP contribution >= 0.6 is 0 Å². The van der Waals surface area contributed by atoms with Crippen LogP contribution < -0.4 is 10.2 Å². The first-order chi connectivity index (χ1) is 9.34. The van der Waals surface area contributed by atoms with Gasteiger partial charge in [-0.25, -0.2) is 0 Å². The predicted molar refractivity (Wildman–Crippen MR) is 81.5 cm³/mol. The van der Waals surface area contributed by atoms with Crippen LogP contribution in [0.4, 0.5) is 5.69 Å². The van der Waals surface area contributed by atoms with Gasteiger partial charge in [-0.2, -0.15) is 0 Å². The van der Waals surface area contributed by atoms with Crippen LogP contribution in [-0.2, 0) is 6.54 Å². The zero-order valence-corrected chi connectivity index (χ0v) is 12.1. The third-order valence-electron chi connectivity index (χ3n) is 4.91. The van der Waals surface area contributed by atoms with Gasteiger partial charge in [-0.05, 0) is 50.2 Å². The predicted octanol–water partition coefficient (Wildman–Crippen LogP) is 3.57. The van der Waals surface area contributed by atoms with Gasteiger partial charge in [0.1, 0.15) is 0 Å². The number of hydrogen-bond donors (Lipinski definition) is 1. The van der Waals surface area contributed by atoms with Crippen LogP contribution in [0, 0.1) is 5.92 Å². The maximum Gasteiger partial charge on any atom is 0.0411 e. The summed E-state index contributed by atoms with van der Waals surface area (Å²) in [6.07, 6.45) is 6.96. The molecule has 0 spiro atoms. The Morgan fingerprint density at radius 2 is 1.89 bits per heavy atom. The molecule has 3 rings (SSSR count). The average molecular weight is 258 g/mol. The number of hydrogen-bond acceptors (Lipinski definition) is 2. The van der Waals surface area contributed by atoms with Crippen molar-refractivity contribution in [3.05, 3.63) is 29.8 Å². The van der Waals surface area contributed by atoms with Crippen molar-refractivity contribution in [2.24, 2.45) is 5.92 Å². The fourth-order valence-electron chi connectivity index (χ4n) is 3.30. The van der Waals surface area contributed by atoms with Gasteiger partial charge in [0.05, 0.1) is 0 Å². The summed E-state index contributed by atoms with van der Waals surface area (Å²) in [7, 11) is 0. The molecule has 2 aliphatic rings. The van der Waals surface area contributed by atoms with Gasteiger partial charge in [0.15, 0.2) is 0 Å². The Kier molecular flexibility index (Phi) is 4.07. The van der Waals surface area contributed by atoms with E-state index in [4.69, 9.17) is 0 Å². The third kappa shape index (κ3) is 2.94. The fourth-order valence-corrected chi connectivity index (χ4v) is 3.30. The second-order valence-corrected chi connectivity index (χ2v) is 6.18. The van der Waals surface area contributed by atoms with E-state index in [-0.39, 0.29) is 0 Å². The molecule has 2 heteroatoms. The van der Waals surface area contributed by atoms with E-state index in [1.165, 1.54) is 56.4 Å². The normalized spacial score (nSPS) is 21.4. The SMILES string of the molecule is CC(NCc1ccccc1N1CCCC1)C1CCC1. The summed E-state index contributed by atoms with van der Waals surface area (Å²) in [4.78, 5) is 2.55. The number of benzene rings is 1. The molecule has 0 radical (unpaired) electrons. The van der Waals surface area contributed by atoms with Gasteiger partial charge >= 0.3 is 0 Å². The average Bonchev–Trinajstić information content (AvgIpc) is 2.88. The van der Waals surface area contributed by atoms with E-state index in [0.717, 1.165) is 12.5 Å². The van der Waals surface area contributed by atoms with Crippen molar-refractivity contribution in [3.63, 3.8) is 0 Å². The molecule has 1 aromatic rings. The lowest BCUT2D eigenvalue weighted by molar-refractivity contribution is 0.240. The molecule has 0 amide bonds. The first kappa shape index (κ1) is 13.0. The van der Waals surface area contributed by atoms with Crippen LogP contribution in [0.2, 0.25) is 0 Å². The molecule has 1 aliphatic carbocycles. The van der Waals surface area contributed by atoms with Crippen molar-refractivity contribution in [2.45, 2.75) is 51.6 Å². The van der Waals surface area contributed by atoms with E-state index in [1.807, 2.05) is 0 Å². The van der Waals surface area contributed by atoms with Gasteiger partial charge < -0.3 is 10.2 Å². The van der Waals surface area contributed by atoms with Crippen molar-refractivity contribution in [1.82, 2.24) is 5.32 Å². The van der Waals surface area contributed by atoms with Crippen molar-refractivity contribution < 1.29 is 0 Å². The summed E-state index contributed by atoms with van der Waals surface area (Å²) in [6.45, 7) is 5.83. The second-order valence-electron chi connectivity index (χ2n) is 6.18. The number of anilines is 1.